The smallest absolute Gasteiger partial charge is 0.253 e. The number of anilines is 2. The number of nitrogens with one attached hydrogen (secondary N) is 3. The molecule has 24 heavy (non-hydrogen) atoms. The molecule has 1 unspecified atom stereocenters. The summed E-state index contributed by atoms with van der Waals surface area (Å²) in [6.07, 6.45) is 0. The highest BCUT2D eigenvalue weighted by atomic mass is 16.2. The second kappa shape index (κ2) is 7.77. The second-order valence-corrected chi connectivity index (χ2v) is 5.97. The van der Waals surface area contributed by atoms with E-state index in [0.717, 1.165) is 5.56 Å². The van der Waals surface area contributed by atoms with E-state index in [1.165, 1.54) is 0 Å². The molecule has 0 radical (unpaired) electrons. The third-order valence-corrected chi connectivity index (χ3v) is 3.90. The van der Waals surface area contributed by atoms with Crippen LogP contribution in [0.5, 0.6) is 0 Å². The van der Waals surface area contributed by atoms with Crippen molar-refractivity contribution < 1.29 is 4.79 Å². The normalized spacial score (nSPS) is 12.2. The summed E-state index contributed by atoms with van der Waals surface area (Å²) >= 11 is 0. The van der Waals surface area contributed by atoms with Crippen molar-refractivity contribution in [3.05, 3.63) is 56.3 Å². The molecule has 0 saturated heterocycles. The van der Waals surface area contributed by atoms with Crippen molar-refractivity contribution in [2.75, 3.05) is 23.8 Å². The summed E-state index contributed by atoms with van der Waals surface area (Å²) in [7, 11) is 0. The summed E-state index contributed by atoms with van der Waals surface area (Å²) in [5.41, 5.74) is 0.411. The van der Waals surface area contributed by atoms with Crippen LogP contribution in [0.2, 0.25) is 0 Å². The first-order valence-electron chi connectivity index (χ1n) is 8.11. The molecule has 6 heteroatoms. The van der Waals surface area contributed by atoms with Crippen LogP contribution in [0.3, 0.4) is 0 Å². The van der Waals surface area contributed by atoms with E-state index < -0.39 is 10.9 Å². The molecule has 0 saturated carbocycles. The van der Waals surface area contributed by atoms with Crippen molar-refractivity contribution in [3.8, 4) is 0 Å². The quantitative estimate of drug-likeness (QED) is 0.506. The van der Waals surface area contributed by atoms with E-state index in [1.54, 1.807) is 0 Å². The van der Waals surface area contributed by atoms with Crippen LogP contribution in [0.1, 0.15) is 32.3 Å². The average molecular weight is 329 g/mol. The van der Waals surface area contributed by atoms with Gasteiger partial charge in [-0.15, -0.1) is 0 Å². The van der Waals surface area contributed by atoms with Gasteiger partial charge in [0, 0.05) is 6.54 Å². The number of rotatable bonds is 8. The zero-order valence-electron chi connectivity index (χ0n) is 14.2. The first-order chi connectivity index (χ1) is 11.5. The summed E-state index contributed by atoms with van der Waals surface area (Å²) in [5, 5.41) is 8.46. The van der Waals surface area contributed by atoms with E-state index in [-0.39, 0.29) is 30.1 Å². The average Bonchev–Trinajstić information content (AvgIpc) is 2.57. The van der Waals surface area contributed by atoms with Crippen LogP contribution in [-0.2, 0) is 4.79 Å². The van der Waals surface area contributed by atoms with Gasteiger partial charge < -0.3 is 16.0 Å². The van der Waals surface area contributed by atoms with Gasteiger partial charge in [-0.05, 0) is 18.4 Å². The van der Waals surface area contributed by atoms with Crippen LogP contribution in [0.15, 0.2) is 39.9 Å². The summed E-state index contributed by atoms with van der Waals surface area (Å²) in [4.78, 5) is 35.5. The largest absolute Gasteiger partial charge is 0.380 e. The Kier molecular flexibility index (Phi) is 5.73. The van der Waals surface area contributed by atoms with Crippen LogP contribution < -0.4 is 26.8 Å². The fourth-order valence-corrected chi connectivity index (χ4v) is 2.73. The van der Waals surface area contributed by atoms with Gasteiger partial charge in [0.1, 0.15) is 11.4 Å². The molecule has 2 aromatic rings. The molecule has 1 amide bonds. The number of amides is 1. The molecule has 6 nitrogen and oxygen atoms in total. The summed E-state index contributed by atoms with van der Waals surface area (Å²) < 4.78 is 0. The molecule has 3 N–H and O–H groups in total. The van der Waals surface area contributed by atoms with Crippen LogP contribution >= 0.6 is 0 Å². The molecule has 0 bridgehead atoms. The van der Waals surface area contributed by atoms with Crippen molar-refractivity contribution in [2.24, 2.45) is 5.92 Å². The topological polar surface area (TPSA) is 87.3 Å². The monoisotopic (exact) mass is 329 g/mol. The fraction of sp³-hybridized carbons (Fsp3) is 0.389. The van der Waals surface area contributed by atoms with E-state index in [9.17, 15) is 14.4 Å². The first-order valence-corrected chi connectivity index (χ1v) is 8.11. The number of hydrogen-bond donors (Lipinski definition) is 3. The molecule has 128 valence electrons. The van der Waals surface area contributed by atoms with Gasteiger partial charge in [0.05, 0.1) is 12.6 Å². The van der Waals surface area contributed by atoms with Crippen LogP contribution in [0.4, 0.5) is 11.4 Å². The zero-order chi connectivity index (χ0) is 17.7. The van der Waals surface area contributed by atoms with Gasteiger partial charge in [-0.25, -0.2) is 0 Å². The minimum absolute atomic E-state index is 0.0954. The predicted molar refractivity (Wildman–Crippen MR) is 96.2 cm³/mol. The molecule has 0 aliphatic rings. The molecule has 0 aliphatic heterocycles. The lowest BCUT2D eigenvalue weighted by molar-refractivity contribution is -0.123. The summed E-state index contributed by atoms with van der Waals surface area (Å²) in [6, 6.07) is 9.58. The number of hydrogen-bond acceptors (Lipinski definition) is 5. The van der Waals surface area contributed by atoms with Gasteiger partial charge in [-0.2, -0.15) is 0 Å². The Labute approximate surface area is 141 Å². The van der Waals surface area contributed by atoms with Crippen LogP contribution in [0.25, 0.3) is 0 Å². The van der Waals surface area contributed by atoms with E-state index in [2.05, 4.69) is 16.0 Å². The maximum Gasteiger partial charge on any atom is 0.253 e. The molecule has 2 aromatic carbocycles. The molecule has 0 aliphatic carbocycles. The predicted octanol–water partition coefficient (Wildman–Crippen LogP) is 1.64. The number of carbonyl (C=O) groups excluding carboxylic acids is 1. The van der Waals surface area contributed by atoms with E-state index in [1.807, 2.05) is 51.1 Å². The van der Waals surface area contributed by atoms with Crippen molar-refractivity contribution >= 4 is 17.3 Å². The Balaban J connectivity index is 1.99. The van der Waals surface area contributed by atoms with Crippen molar-refractivity contribution in [2.45, 2.75) is 26.7 Å². The zero-order valence-corrected chi connectivity index (χ0v) is 14.2. The minimum Gasteiger partial charge on any atom is -0.380 e. The lowest BCUT2D eigenvalue weighted by Gasteiger charge is -2.21. The van der Waals surface area contributed by atoms with Gasteiger partial charge in [-0.3, -0.25) is 14.4 Å². The van der Waals surface area contributed by atoms with Crippen molar-refractivity contribution in [1.29, 1.82) is 0 Å². The molecular formula is C18H23N3O3. The highest BCUT2D eigenvalue weighted by Crippen LogP contribution is 2.24. The lowest BCUT2D eigenvalue weighted by atomic mass is 9.88. The van der Waals surface area contributed by atoms with Crippen molar-refractivity contribution in [3.63, 3.8) is 0 Å². The fourth-order valence-electron chi connectivity index (χ4n) is 2.73. The Bertz CT molecular complexity index is 762. The summed E-state index contributed by atoms with van der Waals surface area (Å²) in [6.45, 7) is 6.47. The SMILES string of the molecule is CCNc1c(NCNC(=O)C(c2ccccc2)C(C)C)c(=O)c1=O. The van der Waals surface area contributed by atoms with Crippen LogP contribution in [-0.4, -0.2) is 19.1 Å². The molecule has 0 spiro atoms. The van der Waals surface area contributed by atoms with Gasteiger partial charge in [0.25, 0.3) is 10.9 Å². The second-order valence-electron chi connectivity index (χ2n) is 5.97. The van der Waals surface area contributed by atoms with Gasteiger partial charge >= 0.3 is 0 Å². The molecule has 2 rings (SSSR count). The maximum atomic E-state index is 12.5. The Morgan fingerprint density at radius 2 is 1.58 bits per heavy atom. The van der Waals surface area contributed by atoms with Gasteiger partial charge in [-0.1, -0.05) is 44.2 Å². The van der Waals surface area contributed by atoms with Gasteiger partial charge in [0.15, 0.2) is 0 Å². The highest BCUT2D eigenvalue weighted by Gasteiger charge is 2.24. The number of benzene rings is 1. The minimum atomic E-state index is -0.552. The third-order valence-electron chi connectivity index (χ3n) is 3.90. The maximum absolute atomic E-state index is 12.5. The Morgan fingerprint density at radius 1 is 1.00 bits per heavy atom. The standard InChI is InChI=1S/C18H23N3O3/c1-4-19-14-15(17(23)16(14)22)20-10-21-18(24)13(11(2)3)12-8-6-5-7-9-12/h5-9,11,13,19-20H,4,10H2,1-3H3,(H,21,24). The number of carbonyl (C=O) groups is 1. The Hall–Kier alpha value is -2.63. The van der Waals surface area contributed by atoms with Crippen molar-refractivity contribution in [1.82, 2.24) is 5.32 Å². The molecule has 1 atom stereocenters. The summed E-state index contributed by atoms with van der Waals surface area (Å²) in [5.74, 6) is -0.253. The molecule has 0 aromatic heterocycles. The first kappa shape index (κ1) is 17.7. The Morgan fingerprint density at radius 3 is 2.12 bits per heavy atom. The van der Waals surface area contributed by atoms with E-state index in [4.69, 9.17) is 0 Å². The van der Waals surface area contributed by atoms with E-state index in [0.29, 0.717) is 12.2 Å². The molecular weight excluding hydrogens is 306 g/mol. The lowest BCUT2D eigenvalue weighted by Crippen LogP contribution is -2.41. The molecule has 0 heterocycles. The van der Waals surface area contributed by atoms with Gasteiger partial charge in [0.2, 0.25) is 5.91 Å². The van der Waals surface area contributed by atoms with E-state index >= 15 is 0 Å². The third kappa shape index (κ3) is 3.64. The molecule has 0 fully saturated rings. The van der Waals surface area contributed by atoms with Crippen LogP contribution in [0, 0.1) is 5.92 Å². The highest BCUT2D eigenvalue weighted by molar-refractivity contribution is 5.84.